The van der Waals surface area contributed by atoms with Gasteiger partial charge in [-0.25, -0.2) is 4.79 Å². The summed E-state index contributed by atoms with van der Waals surface area (Å²) < 4.78 is 10.0. The molecule has 1 fully saturated rings. The van der Waals surface area contributed by atoms with Crippen LogP contribution in [-0.2, 0) is 14.3 Å². The molecule has 1 aliphatic rings. The van der Waals surface area contributed by atoms with E-state index in [2.05, 4.69) is 10.1 Å². The number of benzene rings is 1. The molecule has 8 heteroatoms. The summed E-state index contributed by atoms with van der Waals surface area (Å²) in [7, 11) is 1.32. The minimum Gasteiger partial charge on any atom is -0.494 e. The van der Waals surface area contributed by atoms with Gasteiger partial charge in [0.15, 0.2) is 0 Å². The number of nitrogens with zero attached hydrogens (tertiary/aromatic N) is 2. The molecule has 3 amide bonds. The molecule has 0 aromatic heterocycles. The van der Waals surface area contributed by atoms with E-state index in [0.29, 0.717) is 50.6 Å². The number of carbonyl (C=O) groups excluding carboxylic acids is 3. The van der Waals surface area contributed by atoms with Crippen LogP contribution in [0.2, 0.25) is 0 Å². The standard InChI is InChI=1S/C17H23N3O5/c1-3-25-14-7-5-13(6-8-14)18-15(21)16(22)19-9-4-10-20(12-11-19)17(23)24-2/h5-8H,3-4,9-12H2,1-2H3,(H,18,21). The van der Waals surface area contributed by atoms with Gasteiger partial charge in [-0.1, -0.05) is 0 Å². The molecule has 0 bridgehead atoms. The molecular formula is C17H23N3O5. The fourth-order valence-electron chi connectivity index (χ4n) is 2.56. The molecular weight excluding hydrogens is 326 g/mol. The number of nitrogens with one attached hydrogen (secondary N) is 1. The van der Waals surface area contributed by atoms with Gasteiger partial charge in [0.25, 0.3) is 0 Å². The van der Waals surface area contributed by atoms with Crippen molar-refractivity contribution in [1.29, 1.82) is 0 Å². The summed E-state index contributed by atoms with van der Waals surface area (Å²) in [6.07, 6.45) is 0.171. The normalized spacial score (nSPS) is 14.5. The van der Waals surface area contributed by atoms with Gasteiger partial charge in [0.05, 0.1) is 13.7 Å². The number of carbonyl (C=O) groups is 3. The Morgan fingerprint density at radius 2 is 1.68 bits per heavy atom. The summed E-state index contributed by atoms with van der Waals surface area (Å²) >= 11 is 0. The van der Waals surface area contributed by atoms with E-state index in [9.17, 15) is 14.4 Å². The summed E-state index contributed by atoms with van der Waals surface area (Å²) in [5.74, 6) is -0.612. The first-order chi connectivity index (χ1) is 12.0. The molecule has 0 aliphatic carbocycles. The zero-order chi connectivity index (χ0) is 18.2. The zero-order valence-corrected chi connectivity index (χ0v) is 14.5. The number of anilines is 1. The molecule has 0 saturated carbocycles. The molecule has 8 nitrogen and oxygen atoms in total. The Balaban J connectivity index is 1.90. The Morgan fingerprint density at radius 1 is 1.04 bits per heavy atom. The Kier molecular flexibility index (Phi) is 6.62. The van der Waals surface area contributed by atoms with Crippen LogP contribution < -0.4 is 10.1 Å². The summed E-state index contributed by atoms with van der Waals surface area (Å²) in [4.78, 5) is 39.0. The van der Waals surface area contributed by atoms with Crippen LogP contribution in [0.15, 0.2) is 24.3 Å². The fraction of sp³-hybridized carbons (Fsp3) is 0.471. The van der Waals surface area contributed by atoms with Crippen molar-refractivity contribution in [2.24, 2.45) is 0 Å². The number of amides is 3. The van der Waals surface area contributed by atoms with Crippen molar-refractivity contribution in [3.8, 4) is 5.75 Å². The number of hydrogen-bond acceptors (Lipinski definition) is 5. The molecule has 1 aromatic carbocycles. The molecule has 1 aromatic rings. The topological polar surface area (TPSA) is 88.2 Å². The van der Waals surface area contributed by atoms with Crippen LogP contribution in [0.1, 0.15) is 13.3 Å². The highest BCUT2D eigenvalue weighted by Gasteiger charge is 2.26. The Bertz CT molecular complexity index is 617. The molecule has 0 radical (unpaired) electrons. The molecule has 0 spiro atoms. The first-order valence-corrected chi connectivity index (χ1v) is 8.21. The van der Waals surface area contributed by atoms with Gasteiger partial charge in [-0.2, -0.15) is 0 Å². The summed E-state index contributed by atoms with van der Waals surface area (Å²) in [5.41, 5.74) is 0.521. The third-order valence-electron chi connectivity index (χ3n) is 3.83. The highest BCUT2D eigenvalue weighted by atomic mass is 16.5. The lowest BCUT2D eigenvalue weighted by atomic mass is 10.3. The monoisotopic (exact) mass is 349 g/mol. The van der Waals surface area contributed by atoms with E-state index < -0.39 is 17.9 Å². The maximum absolute atomic E-state index is 12.3. The summed E-state index contributed by atoms with van der Waals surface area (Å²) in [6.45, 7) is 4.00. The molecule has 2 rings (SSSR count). The van der Waals surface area contributed by atoms with E-state index in [1.165, 1.54) is 16.9 Å². The van der Waals surface area contributed by atoms with E-state index >= 15 is 0 Å². The number of rotatable bonds is 3. The van der Waals surface area contributed by atoms with Crippen molar-refractivity contribution in [1.82, 2.24) is 9.80 Å². The third-order valence-corrected chi connectivity index (χ3v) is 3.83. The van der Waals surface area contributed by atoms with Crippen molar-refractivity contribution in [2.45, 2.75) is 13.3 Å². The van der Waals surface area contributed by atoms with E-state index in [4.69, 9.17) is 4.74 Å². The zero-order valence-electron chi connectivity index (χ0n) is 14.5. The van der Waals surface area contributed by atoms with Crippen LogP contribution in [0.25, 0.3) is 0 Å². The first kappa shape index (κ1) is 18.6. The van der Waals surface area contributed by atoms with E-state index in [1.807, 2.05) is 6.92 Å². The van der Waals surface area contributed by atoms with Crippen molar-refractivity contribution in [2.75, 3.05) is 45.2 Å². The molecule has 136 valence electrons. The van der Waals surface area contributed by atoms with Gasteiger partial charge < -0.3 is 24.6 Å². The fourth-order valence-corrected chi connectivity index (χ4v) is 2.56. The Hall–Kier alpha value is -2.77. The van der Waals surface area contributed by atoms with Gasteiger partial charge in [-0.15, -0.1) is 0 Å². The molecule has 1 saturated heterocycles. The molecule has 1 heterocycles. The van der Waals surface area contributed by atoms with Crippen molar-refractivity contribution < 1.29 is 23.9 Å². The predicted octanol–water partition coefficient (Wildman–Crippen LogP) is 1.32. The van der Waals surface area contributed by atoms with Gasteiger partial charge >= 0.3 is 17.9 Å². The Morgan fingerprint density at radius 3 is 2.32 bits per heavy atom. The lowest BCUT2D eigenvalue weighted by molar-refractivity contribution is -0.143. The van der Waals surface area contributed by atoms with Crippen LogP contribution in [-0.4, -0.2) is 67.6 Å². The van der Waals surface area contributed by atoms with Gasteiger partial charge in [0.2, 0.25) is 0 Å². The lowest BCUT2D eigenvalue weighted by Crippen LogP contribution is -2.42. The smallest absolute Gasteiger partial charge is 0.409 e. The highest BCUT2D eigenvalue weighted by molar-refractivity contribution is 6.39. The van der Waals surface area contributed by atoms with Crippen LogP contribution >= 0.6 is 0 Å². The number of methoxy groups -OCH3 is 1. The SMILES string of the molecule is CCOc1ccc(NC(=O)C(=O)N2CCCN(C(=O)OC)CC2)cc1. The average molecular weight is 349 g/mol. The number of hydrogen-bond donors (Lipinski definition) is 1. The quantitative estimate of drug-likeness (QED) is 0.832. The van der Waals surface area contributed by atoms with Crippen LogP contribution in [0.5, 0.6) is 5.75 Å². The maximum Gasteiger partial charge on any atom is 0.409 e. The van der Waals surface area contributed by atoms with Gasteiger partial charge in [-0.3, -0.25) is 9.59 Å². The minimum absolute atomic E-state index is 0.296. The molecule has 1 N–H and O–H groups in total. The Labute approximate surface area is 146 Å². The predicted molar refractivity (Wildman–Crippen MR) is 91.4 cm³/mol. The van der Waals surface area contributed by atoms with Gasteiger partial charge in [0, 0.05) is 31.9 Å². The van der Waals surface area contributed by atoms with Crippen molar-refractivity contribution in [3.63, 3.8) is 0 Å². The second-order valence-corrected chi connectivity index (χ2v) is 5.51. The van der Waals surface area contributed by atoms with Crippen molar-refractivity contribution in [3.05, 3.63) is 24.3 Å². The summed E-state index contributed by atoms with van der Waals surface area (Å²) in [6, 6.07) is 6.81. The second-order valence-electron chi connectivity index (χ2n) is 5.51. The molecule has 1 aliphatic heterocycles. The maximum atomic E-state index is 12.3. The number of ether oxygens (including phenoxy) is 2. The highest BCUT2D eigenvalue weighted by Crippen LogP contribution is 2.16. The summed E-state index contributed by atoms with van der Waals surface area (Å²) in [5, 5.41) is 2.58. The van der Waals surface area contributed by atoms with Crippen LogP contribution in [0.3, 0.4) is 0 Å². The third kappa shape index (κ3) is 5.10. The average Bonchev–Trinajstić information content (AvgIpc) is 2.88. The van der Waals surface area contributed by atoms with E-state index in [0.717, 1.165) is 0 Å². The second kappa shape index (κ2) is 8.91. The van der Waals surface area contributed by atoms with E-state index in [-0.39, 0.29) is 0 Å². The van der Waals surface area contributed by atoms with Crippen molar-refractivity contribution >= 4 is 23.6 Å². The largest absolute Gasteiger partial charge is 0.494 e. The van der Waals surface area contributed by atoms with E-state index in [1.54, 1.807) is 24.3 Å². The molecule has 25 heavy (non-hydrogen) atoms. The van der Waals surface area contributed by atoms with Crippen LogP contribution in [0.4, 0.5) is 10.5 Å². The first-order valence-electron chi connectivity index (χ1n) is 8.21. The van der Waals surface area contributed by atoms with Gasteiger partial charge in [0.1, 0.15) is 5.75 Å². The lowest BCUT2D eigenvalue weighted by Gasteiger charge is -2.20. The molecule has 0 atom stereocenters. The minimum atomic E-state index is -0.698. The van der Waals surface area contributed by atoms with Crippen LogP contribution in [0, 0.1) is 0 Å². The van der Waals surface area contributed by atoms with Gasteiger partial charge in [-0.05, 0) is 37.6 Å². The molecule has 0 unspecified atom stereocenters.